The van der Waals surface area contributed by atoms with Crippen LogP contribution in [0.1, 0.15) is 38.1 Å². The molecule has 5 rings (SSSR count). The fraction of sp³-hybridized carbons (Fsp3) is 0.417. The van der Waals surface area contributed by atoms with Gasteiger partial charge in [-0.05, 0) is 16.5 Å². The molecule has 0 radical (unpaired) electrons. The van der Waals surface area contributed by atoms with Gasteiger partial charge in [-0.25, -0.2) is 15.0 Å². The Bertz CT molecular complexity index is 1340. The summed E-state index contributed by atoms with van der Waals surface area (Å²) in [5.74, 6) is 0.513. The lowest BCUT2D eigenvalue weighted by molar-refractivity contribution is -0.0511. The first-order chi connectivity index (χ1) is 16.7. The molecule has 4 atom stereocenters. The van der Waals surface area contributed by atoms with Crippen molar-refractivity contribution in [2.24, 2.45) is 0 Å². The zero-order chi connectivity index (χ0) is 24.9. The lowest BCUT2D eigenvalue weighted by Crippen LogP contribution is -2.33. The van der Waals surface area contributed by atoms with Gasteiger partial charge < -0.3 is 25.8 Å². The molecular weight excluding hydrogens is 450 g/mol. The highest BCUT2D eigenvalue weighted by Gasteiger charge is 2.44. The maximum absolute atomic E-state index is 10.4. The second-order valence-corrected chi connectivity index (χ2v) is 9.86. The Morgan fingerprint density at radius 3 is 2.49 bits per heavy atom. The van der Waals surface area contributed by atoms with Gasteiger partial charge in [-0.1, -0.05) is 45.0 Å². The van der Waals surface area contributed by atoms with Gasteiger partial charge in [-0.15, -0.1) is 0 Å². The fourth-order valence-electron chi connectivity index (χ4n) is 4.23. The van der Waals surface area contributed by atoms with E-state index in [1.807, 2.05) is 6.20 Å². The number of nitrogens with two attached hydrogens (primary N) is 1. The number of aliphatic hydroxyl groups is 3. The zero-order valence-corrected chi connectivity index (χ0v) is 19.8. The Balaban J connectivity index is 1.43. The van der Waals surface area contributed by atoms with E-state index in [1.54, 1.807) is 10.9 Å². The molecule has 0 amide bonds. The van der Waals surface area contributed by atoms with Crippen molar-refractivity contribution in [1.82, 2.24) is 29.3 Å². The van der Waals surface area contributed by atoms with E-state index in [2.05, 4.69) is 65.1 Å². The first-order valence-electron chi connectivity index (χ1n) is 11.4. The second-order valence-electron chi connectivity index (χ2n) is 9.86. The van der Waals surface area contributed by atoms with Gasteiger partial charge in [0.25, 0.3) is 0 Å². The van der Waals surface area contributed by atoms with E-state index in [1.165, 1.54) is 16.5 Å². The summed E-state index contributed by atoms with van der Waals surface area (Å²) in [4.78, 5) is 13.2. The van der Waals surface area contributed by atoms with Gasteiger partial charge in [0.05, 0.1) is 31.2 Å². The molecule has 184 valence electrons. The number of ether oxygens (including phenoxy) is 1. The first-order valence-corrected chi connectivity index (χ1v) is 11.4. The molecule has 5 N–H and O–H groups in total. The summed E-state index contributed by atoms with van der Waals surface area (Å²) < 4.78 is 8.92. The molecular formula is C24H29N7O4. The number of nitrogen functional groups attached to an aromatic ring is 1. The Kier molecular flexibility index (Phi) is 5.80. The number of anilines is 1. The van der Waals surface area contributed by atoms with E-state index in [0.717, 1.165) is 5.56 Å². The van der Waals surface area contributed by atoms with E-state index in [0.29, 0.717) is 29.1 Å². The molecule has 35 heavy (non-hydrogen) atoms. The molecule has 4 heterocycles. The molecule has 1 aliphatic rings. The van der Waals surface area contributed by atoms with Crippen molar-refractivity contribution in [3.63, 3.8) is 0 Å². The average molecular weight is 480 g/mol. The van der Waals surface area contributed by atoms with Crippen LogP contribution < -0.4 is 5.73 Å². The fourth-order valence-corrected chi connectivity index (χ4v) is 4.23. The lowest BCUT2D eigenvalue weighted by atomic mass is 9.87. The van der Waals surface area contributed by atoms with E-state index in [9.17, 15) is 15.3 Å². The second kappa shape index (κ2) is 8.68. The SMILES string of the molecule is CC(C)(C)c1ccc(Cn2cc(-c3nc(N)c4ncn(C5OC(CO)C(O)[C@H]5O)c4n3)cn2)cc1. The molecule has 0 aliphatic carbocycles. The Labute approximate surface area is 201 Å². The van der Waals surface area contributed by atoms with Crippen molar-refractivity contribution in [2.45, 2.75) is 57.3 Å². The maximum atomic E-state index is 10.4. The van der Waals surface area contributed by atoms with Gasteiger partial charge in [0.1, 0.15) is 23.8 Å². The van der Waals surface area contributed by atoms with Gasteiger partial charge in [0, 0.05) is 6.20 Å². The van der Waals surface area contributed by atoms with Crippen molar-refractivity contribution in [2.75, 3.05) is 12.3 Å². The lowest BCUT2D eigenvalue weighted by Gasteiger charge is -2.19. The number of hydrogen-bond donors (Lipinski definition) is 4. The van der Waals surface area contributed by atoms with Gasteiger partial charge >= 0.3 is 0 Å². The summed E-state index contributed by atoms with van der Waals surface area (Å²) in [6, 6.07) is 8.47. The van der Waals surface area contributed by atoms with Gasteiger partial charge in [0.15, 0.2) is 23.5 Å². The summed E-state index contributed by atoms with van der Waals surface area (Å²) >= 11 is 0. The van der Waals surface area contributed by atoms with Crippen molar-refractivity contribution < 1.29 is 20.1 Å². The number of fused-ring (bicyclic) bond motifs is 1. The van der Waals surface area contributed by atoms with Crippen molar-refractivity contribution in [3.05, 3.63) is 54.1 Å². The predicted octanol–water partition coefficient (Wildman–Crippen LogP) is 1.23. The minimum absolute atomic E-state index is 0.0938. The molecule has 3 aromatic heterocycles. The van der Waals surface area contributed by atoms with E-state index < -0.39 is 31.1 Å². The first kappa shape index (κ1) is 23.4. The van der Waals surface area contributed by atoms with Crippen LogP contribution in [0.3, 0.4) is 0 Å². The summed E-state index contributed by atoms with van der Waals surface area (Å²) in [7, 11) is 0. The summed E-state index contributed by atoms with van der Waals surface area (Å²) in [6.07, 6.45) is 0.524. The average Bonchev–Trinajstić information content (AvgIpc) is 3.52. The van der Waals surface area contributed by atoms with Crippen LogP contribution in [0, 0.1) is 0 Å². The zero-order valence-electron chi connectivity index (χ0n) is 19.8. The van der Waals surface area contributed by atoms with Crippen LogP contribution in [0.5, 0.6) is 0 Å². The quantitative estimate of drug-likeness (QED) is 0.330. The van der Waals surface area contributed by atoms with Crippen LogP contribution in [0.2, 0.25) is 0 Å². The van der Waals surface area contributed by atoms with Crippen LogP contribution in [-0.4, -0.2) is 69.5 Å². The monoisotopic (exact) mass is 479 g/mol. The van der Waals surface area contributed by atoms with Crippen molar-refractivity contribution in [3.8, 4) is 11.4 Å². The highest BCUT2D eigenvalue weighted by Crippen LogP contribution is 2.32. The van der Waals surface area contributed by atoms with Crippen LogP contribution in [0.4, 0.5) is 5.82 Å². The number of rotatable bonds is 5. The molecule has 1 fully saturated rings. The number of aromatic nitrogens is 6. The minimum atomic E-state index is -1.27. The number of hydrogen-bond acceptors (Lipinski definition) is 9. The summed E-state index contributed by atoms with van der Waals surface area (Å²) in [5.41, 5.74) is 9.99. The van der Waals surface area contributed by atoms with Crippen LogP contribution in [0.25, 0.3) is 22.6 Å². The molecule has 11 heteroatoms. The molecule has 1 aliphatic heterocycles. The van der Waals surface area contributed by atoms with Crippen LogP contribution in [-0.2, 0) is 16.7 Å². The maximum Gasteiger partial charge on any atom is 0.168 e. The molecule has 0 spiro atoms. The topological polar surface area (TPSA) is 157 Å². The smallest absolute Gasteiger partial charge is 0.168 e. The highest BCUT2D eigenvalue weighted by molar-refractivity contribution is 5.83. The summed E-state index contributed by atoms with van der Waals surface area (Å²) in [5, 5.41) is 34.4. The molecule has 0 bridgehead atoms. The third-order valence-corrected chi connectivity index (χ3v) is 6.30. The normalized spacial score (nSPS) is 22.8. The number of imidazole rings is 1. The summed E-state index contributed by atoms with van der Waals surface area (Å²) in [6.45, 7) is 6.71. The number of benzene rings is 1. The van der Waals surface area contributed by atoms with Crippen molar-refractivity contribution >= 4 is 17.0 Å². The number of aliphatic hydroxyl groups excluding tert-OH is 3. The number of nitrogens with zero attached hydrogens (tertiary/aromatic N) is 6. The Morgan fingerprint density at radius 1 is 1.09 bits per heavy atom. The standard InChI is InChI=1S/C24H29N7O4/c1-24(2,3)15-6-4-13(5-7-15)9-30-10-14(8-27-30)21-28-20(25)17-22(29-21)31(12-26-17)23-19(34)18(33)16(11-32)35-23/h4-8,10,12,16,18-19,23,32-34H,9,11H2,1-3H3,(H2,25,28,29)/t16?,18?,19-,23?/m1/s1. The Morgan fingerprint density at radius 2 is 1.83 bits per heavy atom. The van der Waals surface area contributed by atoms with E-state index in [-0.39, 0.29) is 11.2 Å². The third kappa shape index (κ3) is 4.27. The minimum Gasteiger partial charge on any atom is -0.394 e. The molecule has 1 saturated heterocycles. The van der Waals surface area contributed by atoms with Gasteiger partial charge in [0.2, 0.25) is 0 Å². The van der Waals surface area contributed by atoms with Gasteiger partial charge in [-0.3, -0.25) is 9.25 Å². The van der Waals surface area contributed by atoms with Crippen LogP contribution >= 0.6 is 0 Å². The van der Waals surface area contributed by atoms with Gasteiger partial charge in [-0.2, -0.15) is 5.10 Å². The molecule has 1 aromatic carbocycles. The Hall–Kier alpha value is -3.38. The molecule has 3 unspecified atom stereocenters. The van der Waals surface area contributed by atoms with Crippen LogP contribution in [0.15, 0.2) is 43.0 Å². The van der Waals surface area contributed by atoms with E-state index >= 15 is 0 Å². The third-order valence-electron chi connectivity index (χ3n) is 6.30. The molecule has 0 saturated carbocycles. The predicted molar refractivity (Wildman–Crippen MR) is 128 cm³/mol. The molecule has 4 aromatic rings. The molecule has 11 nitrogen and oxygen atoms in total. The largest absolute Gasteiger partial charge is 0.394 e. The van der Waals surface area contributed by atoms with E-state index in [4.69, 9.17) is 10.5 Å². The highest BCUT2D eigenvalue weighted by atomic mass is 16.6. The van der Waals surface area contributed by atoms with Crippen molar-refractivity contribution in [1.29, 1.82) is 0 Å².